The summed E-state index contributed by atoms with van der Waals surface area (Å²) in [5.41, 5.74) is 1.68. The van der Waals surface area contributed by atoms with Crippen LogP contribution in [0.1, 0.15) is 19.8 Å². The fraction of sp³-hybridized carbons (Fsp3) is 0.364. The Morgan fingerprint density at radius 1 is 1.38 bits per heavy atom. The minimum Gasteiger partial charge on any atom is -0.466 e. The first-order valence-corrected chi connectivity index (χ1v) is 4.22. The van der Waals surface area contributed by atoms with Crippen molar-refractivity contribution in [1.29, 1.82) is 0 Å². The van der Waals surface area contributed by atoms with Crippen LogP contribution in [-0.2, 0) is 9.53 Å². The van der Waals surface area contributed by atoms with E-state index >= 15 is 0 Å². The van der Waals surface area contributed by atoms with Crippen molar-refractivity contribution in [1.82, 2.24) is 0 Å². The fourth-order valence-corrected chi connectivity index (χ4v) is 0.872. The first-order valence-electron chi connectivity index (χ1n) is 4.22. The number of carbonyl (C=O) groups excluding carboxylic acids is 1. The van der Waals surface area contributed by atoms with Crippen LogP contribution < -0.4 is 0 Å². The van der Waals surface area contributed by atoms with Gasteiger partial charge in [-0.1, -0.05) is 37.0 Å². The van der Waals surface area contributed by atoms with E-state index in [0.29, 0.717) is 13.0 Å². The average Bonchev–Trinajstić information content (AvgIpc) is 2.04. The van der Waals surface area contributed by atoms with Gasteiger partial charge in [0.1, 0.15) is 0 Å². The number of ether oxygens (including phenoxy) is 1. The summed E-state index contributed by atoms with van der Waals surface area (Å²) in [5, 5.41) is 0. The van der Waals surface area contributed by atoms with Gasteiger partial charge < -0.3 is 4.74 Å². The fourth-order valence-electron chi connectivity index (χ4n) is 0.872. The van der Waals surface area contributed by atoms with Crippen LogP contribution in [-0.4, -0.2) is 12.6 Å². The molecule has 0 unspecified atom stereocenters. The molecule has 13 heavy (non-hydrogen) atoms. The normalized spacial score (nSPS) is 9.00. The molecule has 0 amide bonds. The lowest BCUT2D eigenvalue weighted by molar-refractivity contribution is -0.142. The summed E-state index contributed by atoms with van der Waals surface area (Å²) in [5.74, 6) is -0.232. The molecule has 0 radical (unpaired) electrons. The Bertz CT molecular complexity index is 226. The number of carbonyl (C=O) groups is 1. The summed E-state index contributed by atoms with van der Waals surface area (Å²) in [6, 6.07) is 0. The predicted molar refractivity (Wildman–Crippen MR) is 54.3 cm³/mol. The Kier molecular flexibility index (Phi) is 5.60. The van der Waals surface area contributed by atoms with E-state index < -0.39 is 0 Å². The second-order valence-electron chi connectivity index (χ2n) is 2.77. The van der Waals surface area contributed by atoms with Crippen molar-refractivity contribution >= 4 is 5.97 Å². The van der Waals surface area contributed by atoms with Gasteiger partial charge in [0.05, 0.1) is 13.0 Å². The lowest BCUT2D eigenvalue weighted by Crippen LogP contribution is -2.04. The minimum absolute atomic E-state index is 0.232. The number of esters is 1. The van der Waals surface area contributed by atoms with E-state index in [1.807, 2.05) is 0 Å². The largest absolute Gasteiger partial charge is 0.466 e. The first-order chi connectivity index (χ1) is 6.10. The lowest BCUT2D eigenvalue weighted by atomic mass is 10.1. The second-order valence-corrected chi connectivity index (χ2v) is 2.77. The molecule has 0 aromatic heterocycles. The molecule has 0 aliphatic heterocycles. The topological polar surface area (TPSA) is 26.3 Å². The van der Waals surface area contributed by atoms with Gasteiger partial charge in [-0.25, -0.2) is 0 Å². The molecule has 0 spiro atoms. The molecule has 0 rings (SSSR count). The monoisotopic (exact) mass is 180 g/mol. The van der Waals surface area contributed by atoms with Gasteiger partial charge in [0.15, 0.2) is 0 Å². The molecule has 2 nitrogen and oxygen atoms in total. The third-order valence-electron chi connectivity index (χ3n) is 1.47. The summed E-state index contributed by atoms with van der Waals surface area (Å²) in [7, 11) is 0. The van der Waals surface area contributed by atoms with E-state index in [1.165, 1.54) is 0 Å². The average molecular weight is 180 g/mol. The van der Waals surface area contributed by atoms with Crippen molar-refractivity contribution < 1.29 is 9.53 Å². The molecule has 0 aliphatic carbocycles. The van der Waals surface area contributed by atoms with Crippen LogP contribution in [0.25, 0.3) is 0 Å². The molecule has 0 aromatic carbocycles. The highest BCUT2D eigenvalue weighted by atomic mass is 16.5. The molecule has 0 fully saturated rings. The molecule has 0 saturated carbocycles. The van der Waals surface area contributed by atoms with E-state index in [1.54, 1.807) is 13.0 Å². The van der Waals surface area contributed by atoms with Crippen molar-refractivity contribution in [2.45, 2.75) is 19.8 Å². The summed E-state index contributed by atoms with van der Waals surface area (Å²) in [6.45, 7) is 13.3. The predicted octanol–water partition coefficient (Wildman–Crippen LogP) is 2.63. The Hall–Kier alpha value is -1.31. The number of rotatable bonds is 6. The third-order valence-corrected chi connectivity index (χ3v) is 1.47. The minimum atomic E-state index is -0.232. The molecule has 0 N–H and O–H groups in total. The molecular weight excluding hydrogens is 164 g/mol. The van der Waals surface area contributed by atoms with Crippen LogP contribution >= 0.6 is 0 Å². The second kappa shape index (κ2) is 6.23. The third kappa shape index (κ3) is 5.91. The Morgan fingerprint density at radius 2 is 2.00 bits per heavy atom. The van der Waals surface area contributed by atoms with Crippen LogP contribution in [0.4, 0.5) is 0 Å². The molecule has 0 heterocycles. The van der Waals surface area contributed by atoms with Crippen molar-refractivity contribution in [2.75, 3.05) is 6.61 Å². The molecule has 0 aromatic rings. The maximum absolute atomic E-state index is 11.0. The lowest BCUT2D eigenvalue weighted by Gasteiger charge is -2.04. The van der Waals surface area contributed by atoms with Gasteiger partial charge in [-0.15, -0.1) is 0 Å². The maximum atomic E-state index is 11.0. The van der Waals surface area contributed by atoms with Crippen LogP contribution in [0, 0.1) is 0 Å². The Labute approximate surface area is 79.6 Å². The number of hydrogen-bond donors (Lipinski definition) is 0. The van der Waals surface area contributed by atoms with E-state index in [0.717, 1.165) is 11.1 Å². The van der Waals surface area contributed by atoms with Gasteiger partial charge >= 0.3 is 5.97 Å². The Morgan fingerprint density at radius 3 is 2.46 bits per heavy atom. The molecule has 2 heteroatoms. The zero-order chi connectivity index (χ0) is 10.3. The van der Waals surface area contributed by atoms with E-state index in [4.69, 9.17) is 4.74 Å². The zero-order valence-electron chi connectivity index (χ0n) is 8.14. The van der Waals surface area contributed by atoms with Crippen LogP contribution in [0.3, 0.4) is 0 Å². The molecule has 0 aliphatic rings. The van der Waals surface area contributed by atoms with Crippen LogP contribution in [0.2, 0.25) is 0 Å². The first kappa shape index (κ1) is 11.7. The SMILES string of the molecule is C=CC(=C)CC(=C)CC(=O)OCC. The molecule has 72 valence electrons. The highest BCUT2D eigenvalue weighted by molar-refractivity contribution is 5.72. The molecular formula is C11H16O2. The van der Waals surface area contributed by atoms with Gasteiger partial charge in [0, 0.05) is 0 Å². The maximum Gasteiger partial charge on any atom is 0.309 e. The Balaban J connectivity index is 3.80. The highest BCUT2D eigenvalue weighted by Crippen LogP contribution is 2.12. The highest BCUT2D eigenvalue weighted by Gasteiger charge is 2.04. The van der Waals surface area contributed by atoms with Crippen molar-refractivity contribution in [2.24, 2.45) is 0 Å². The van der Waals surface area contributed by atoms with E-state index in [9.17, 15) is 4.79 Å². The zero-order valence-corrected chi connectivity index (χ0v) is 8.14. The molecule has 0 atom stereocenters. The van der Waals surface area contributed by atoms with E-state index in [-0.39, 0.29) is 12.4 Å². The summed E-state index contributed by atoms with van der Waals surface area (Å²) < 4.78 is 4.77. The standard InChI is InChI=1S/C11H16O2/c1-5-9(3)7-10(4)8-11(12)13-6-2/h5H,1,3-4,6-8H2,2H3. The van der Waals surface area contributed by atoms with Gasteiger partial charge in [0.25, 0.3) is 0 Å². The van der Waals surface area contributed by atoms with Crippen LogP contribution in [0.15, 0.2) is 37.0 Å². The van der Waals surface area contributed by atoms with Gasteiger partial charge in [-0.2, -0.15) is 0 Å². The number of allylic oxidation sites excluding steroid dienone is 2. The quantitative estimate of drug-likeness (QED) is 0.357. The van der Waals surface area contributed by atoms with Gasteiger partial charge in [-0.3, -0.25) is 4.79 Å². The van der Waals surface area contributed by atoms with E-state index in [2.05, 4.69) is 19.7 Å². The van der Waals surface area contributed by atoms with Crippen molar-refractivity contribution in [3.63, 3.8) is 0 Å². The smallest absolute Gasteiger partial charge is 0.309 e. The summed E-state index contributed by atoms with van der Waals surface area (Å²) in [4.78, 5) is 11.0. The molecule has 0 bridgehead atoms. The van der Waals surface area contributed by atoms with Crippen molar-refractivity contribution in [3.8, 4) is 0 Å². The van der Waals surface area contributed by atoms with Crippen LogP contribution in [0.5, 0.6) is 0 Å². The summed E-state index contributed by atoms with van der Waals surface area (Å²) >= 11 is 0. The number of hydrogen-bond acceptors (Lipinski definition) is 2. The van der Waals surface area contributed by atoms with Gasteiger partial charge in [0.2, 0.25) is 0 Å². The van der Waals surface area contributed by atoms with Crippen molar-refractivity contribution in [3.05, 3.63) is 37.0 Å². The summed E-state index contributed by atoms with van der Waals surface area (Å²) in [6.07, 6.45) is 2.54. The van der Waals surface area contributed by atoms with Gasteiger partial charge in [-0.05, 0) is 13.3 Å². The molecule has 0 saturated heterocycles.